The molecule has 0 radical (unpaired) electrons. The highest BCUT2D eigenvalue weighted by Crippen LogP contribution is 2.23. The van der Waals surface area contributed by atoms with Gasteiger partial charge in [-0.3, -0.25) is 4.79 Å². The zero-order chi connectivity index (χ0) is 17.8. The first-order valence-corrected chi connectivity index (χ1v) is 8.96. The van der Waals surface area contributed by atoms with Crippen LogP contribution in [0.1, 0.15) is 29.1 Å². The fourth-order valence-electron chi connectivity index (χ4n) is 2.53. The third-order valence-electron chi connectivity index (χ3n) is 3.57. The van der Waals surface area contributed by atoms with Crippen LogP contribution in [0.3, 0.4) is 0 Å². The Labute approximate surface area is 149 Å². The van der Waals surface area contributed by atoms with Gasteiger partial charge in [0.25, 0.3) is 5.91 Å². The van der Waals surface area contributed by atoms with Crippen LogP contribution in [0, 0.1) is 0 Å². The van der Waals surface area contributed by atoms with Crippen molar-refractivity contribution in [3.05, 3.63) is 62.6 Å². The van der Waals surface area contributed by atoms with E-state index < -0.39 is 5.63 Å². The molecule has 3 rings (SSSR count). The predicted octanol–water partition coefficient (Wildman–Crippen LogP) is 3.61. The Balaban J connectivity index is 1.82. The molecule has 130 valence electrons. The number of nitrogens with one attached hydrogen (secondary N) is 1. The van der Waals surface area contributed by atoms with E-state index in [4.69, 9.17) is 9.15 Å². The topological polar surface area (TPSA) is 68.5 Å². The first-order valence-electron chi connectivity index (χ1n) is 8.08. The lowest BCUT2D eigenvalue weighted by Crippen LogP contribution is -2.26. The molecule has 0 fully saturated rings. The van der Waals surface area contributed by atoms with E-state index in [9.17, 15) is 9.59 Å². The molecule has 1 N–H and O–H groups in total. The molecule has 0 aliphatic carbocycles. The summed E-state index contributed by atoms with van der Waals surface area (Å²) in [5.41, 5.74) is 0.0974. The summed E-state index contributed by atoms with van der Waals surface area (Å²) in [5.74, 6) is 0.313. The van der Waals surface area contributed by atoms with Gasteiger partial charge in [-0.2, -0.15) is 0 Å². The number of hydrogen-bond donors (Lipinski definition) is 1. The highest BCUT2D eigenvalue weighted by Gasteiger charge is 2.14. The molecule has 2 heterocycles. The zero-order valence-corrected chi connectivity index (χ0v) is 14.9. The van der Waals surface area contributed by atoms with Crippen LogP contribution in [-0.4, -0.2) is 18.6 Å². The maximum absolute atomic E-state index is 12.5. The van der Waals surface area contributed by atoms with Crippen molar-refractivity contribution < 1.29 is 13.9 Å². The van der Waals surface area contributed by atoms with E-state index in [0.717, 1.165) is 6.42 Å². The zero-order valence-electron chi connectivity index (χ0n) is 14.1. The third-order valence-corrected chi connectivity index (χ3v) is 4.51. The number of benzene rings is 1. The van der Waals surface area contributed by atoms with Crippen LogP contribution in [0.25, 0.3) is 11.0 Å². The molecule has 0 saturated heterocycles. The van der Waals surface area contributed by atoms with E-state index in [0.29, 0.717) is 28.8 Å². The van der Waals surface area contributed by atoms with Gasteiger partial charge in [0.05, 0.1) is 11.7 Å². The van der Waals surface area contributed by atoms with Gasteiger partial charge >= 0.3 is 5.63 Å². The van der Waals surface area contributed by atoms with Crippen LogP contribution in [0.2, 0.25) is 0 Å². The van der Waals surface area contributed by atoms with Crippen molar-refractivity contribution in [1.29, 1.82) is 0 Å². The quantitative estimate of drug-likeness (QED) is 0.684. The van der Waals surface area contributed by atoms with Gasteiger partial charge in [-0.15, -0.1) is 11.3 Å². The highest BCUT2D eigenvalue weighted by molar-refractivity contribution is 7.09. The molecular weight excluding hydrogens is 338 g/mol. The lowest BCUT2D eigenvalue weighted by Gasteiger charge is -2.11. The number of hydrogen-bond acceptors (Lipinski definition) is 5. The molecule has 25 heavy (non-hydrogen) atoms. The highest BCUT2D eigenvalue weighted by atomic mass is 32.1. The molecule has 6 heteroatoms. The number of ether oxygens (including phenoxy) is 1. The normalized spacial score (nSPS) is 11.0. The van der Waals surface area contributed by atoms with Crippen molar-refractivity contribution in [1.82, 2.24) is 5.32 Å². The smallest absolute Gasteiger partial charge is 0.337 e. The van der Waals surface area contributed by atoms with Crippen LogP contribution in [0.5, 0.6) is 5.75 Å². The molecule has 0 aliphatic heterocycles. The fraction of sp³-hybridized carbons (Fsp3) is 0.263. The lowest BCUT2D eigenvalue weighted by molar-refractivity contribution is 0.0955. The van der Waals surface area contributed by atoms with Gasteiger partial charge in [-0.25, -0.2) is 4.79 Å². The molecule has 0 saturated carbocycles. The number of thiophene rings is 1. The maximum Gasteiger partial charge on any atom is 0.337 e. The number of rotatable bonds is 6. The Morgan fingerprint density at radius 1 is 1.28 bits per heavy atom. The molecular formula is C19H19NO4S. The Kier molecular flexibility index (Phi) is 5.19. The van der Waals surface area contributed by atoms with Crippen LogP contribution < -0.4 is 15.7 Å². The molecule has 0 spiro atoms. The molecule has 0 unspecified atom stereocenters. The minimum atomic E-state index is -0.558. The van der Waals surface area contributed by atoms with Gasteiger partial charge < -0.3 is 14.5 Å². The van der Waals surface area contributed by atoms with E-state index in [1.165, 1.54) is 10.9 Å². The van der Waals surface area contributed by atoms with Gasteiger partial charge in [0, 0.05) is 28.9 Å². The van der Waals surface area contributed by atoms with Crippen LogP contribution in [0.15, 0.2) is 51.0 Å². The predicted molar refractivity (Wildman–Crippen MR) is 98.6 cm³/mol. The summed E-state index contributed by atoms with van der Waals surface area (Å²) in [6, 6.07) is 10.4. The summed E-state index contributed by atoms with van der Waals surface area (Å²) in [7, 11) is 0. The van der Waals surface area contributed by atoms with E-state index >= 15 is 0 Å². The van der Waals surface area contributed by atoms with E-state index in [1.54, 1.807) is 29.5 Å². The number of carbonyl (C=O) groups excluding carboxylic acids is 1. The van der Waals surface area contributed by atoms with Crippen molar-refractivity contribution in [2.75, 3.05) is 6.54 Å². The van der Waals surface area contributed by atoms with Crippen molar-refractivity contribution >= 4 is 28.2 Å². The summed E-state index contributed by atoms with van der Waals surface area (Å²) in [4.78, 5) is 25.5. The monoisotopic (exact) mass is 357 g/mol. The molecule has 2 aromatic heterocycles. The molecule has 0 bridgehead atoms. The first kappa shape index (κ1) is 17.2. The van der Waals surface area contributed by atoms with Crippen molar-refractivity contribution in [3.63, 3.8) is 0 Å². The molecule has 0 atom stereocenters. The number of fused-ring (bicyclic) bond motifs is 1. The molecule has 1 aromatic carbocycles. The summed E-state index contributed by atoms with van der Waals surface area (Å²) < 4.78 is 10.8. The Hall–Kier alpha value is -2.60. The SMILES string of the molecule is CC(C)Oc1ccc2c(C(=O)NCCc3cccs3)cc(=O)oc2c1. The average molecular weight is 357 g/mol. The van der Waals surface area contributed by atoms with Gasteiger partial charge in [0.1, 0.15) is 11.3 Å². The molecule has 0 aliphatic rings. The maximum atomic E-state index is 12.5. The van der Waals surface area contributed by atoms with E-state index in [1.807, 2.05) is 31.4 Å². The lowest BCUT2D eigenvalue weighted by atomic mass is 10.1. The van der Waals surface area contributed by atoms with Crippen LogP contribution >= 0.6 is 11.3 Å². The Morgan fingerprint density at radius 2 is 2.12 bits per heavy atom. The second-order valence-corrected chi connectivity index (χ2v) is 6.92. The summed E-state index contributed by atoms with van der Waals surface area (Å²) in [6.45, 7) is 4.34. The van der Waals surface area contributed by atoms with Crippen molar-refractivity contribution in [3.8, 4) is 5.75 Å². The fourth-order valence-corrected chi connectivity index (χ4v) is 3.23. The molecule has 3 aromatic rings. The minimum absolute atomic E-state index is 0.00732. The Bertz CT molecular complexity index is 928. The number of amides is 1. The summed E-state index contributed by atoms with van der Waals surface area (Å²) in [5, 5.41) is 5.45. The standard InChI is InChI=1S/C19H19NO4S/c1-12(2)23-13-5-6-15-16(11-18(21)24-17(15)10-13)19(22)20-8-7-14-4-3-9-25-14/h3-6,9-12H,7-8H2,1-2H3,(H,20,22). The van der Waals surface area contributed by atoms with Crippen molar-refractivity contribution in [2.45, 2.75) is 26.4 Å². The van der Waals surface area contributed by atoms with Gasteiger partial charge in [-0.05, 0) is 43.8 Å². The average Bonchev–Trinajstić information content (AvgIpc) is 3.06. The van der Waals surface area contributed by atoms with Crippen molar-refractivity contribution in [2.24, 2.45) is 0 Å². The van der Waals surface area contributed by atoms with Gasteiger partial charge in [-0.1, -0.05) is 6.07 Å². The summed E-state index contributed by atoms with van der Waals surface area (Å²) in [6.07, 6.45) is 0.766. The van der Waals surface area contributed by atoms with Gasteiger partial charge in [0.15, 0.2) is 0 Å². The van der Waals surface area contributed by atoms with E-state index in [2.05, 4.69) is 5.32 Å². The second kappa shape index (κ2) is 7.53. The van der Waals surface area contributed by atoms with Crippen LogP contribution in [0.4, 0.5) is 0 Å². The third kappa shape index (κ3) is 4.28. The van der Waals surface area contributed by atoms with Crippen LogP contribution in [-0.2, 0) is 6.42 Å². The second-order valence-electron chi connectivity index (χ2n) is 5.89. The van der Waals surface area contributed by atoms with E-state index in [-0.39, 0.29) is 12.0 Å². The molecule has 1 amide bonds. The molecule has 5 nitrogen and oxygen atoms in total. The largest absolute Gasteiger partial charge is 0.491 e. The number of carbonyl (C=O) groups is 1. The minimum Gasteiger partial charge on any atom is -0.491 e. The van der Waals surface area contributed by atoms with Gasteiger partial charge in [0.2, 0.25) is 0 Å². The Morgan fingerprint density at radius 3 is 2.84 bits per heavy atom. The summed E-state index contributed by atoms with van der Waals surface area (Å²) >= 11 is 1.65. The first-order chi connectivity index (χ1) is 12.0.